The van der Waals surface area contributed by atoms with Crippen LogP contribution in [0.1, 0.15) is 12.8 Å². The van der Waals surface area contributed by atoms with Gasteiger partial charge in [-0.1, -0.05) is 0 Å². The summed E-state index contributed by atoms with van der Waals surface area (Å²) in [5, 5.41) is 11.4. The Morgan fingerprint density at radius 3 is 2.21 bits per heavy atom. The molecule has 0 bridgehead atoms. The number of carbonyl (C=O) groups excluding carboxylic acids is 1. The number of amides is 1. The number of halogens is 1. The summed E-state index contributed by atoms with van der Waals surface area (Å²) < 4.78 is 40.5. The van der Waals surface area contributed by atoms with Crippen LogP contribution < -0.4 is 14.9 Å². The van der Waals surface area contributed by atoms with Gasteiger partial charge in [-0.05, 0) is 79.6 Å². The number of nitrogens with zero attached hydrogens (tertiary/aromatic N) is 5. The number of hydrogen-bond donors (Lipinski definition) is 2. The highest BCUT2D eigenvalue weighted by Crippen LogP contribution is 2.25. The van der Waals surface area contributed by atoms with E-state index in [1.54, 1.807) is 30.3 Å². The lowest BCUT2D eigenvalue weighted by atomic mass is 9.96. The minimum atomic E-state index is -3.85. The Bertz CT molecular complexity index is 1490. The lowest BCUT2D eigenvalue weighted by Gasteiger charge is -2.31. The van der Waals surface area contributed by atoms with Crippen molar-refractivity contribution in [1.82, 2.24) is 20.2 Å². The Labute approximate surface area is 219 Å². The molecule has 12 heteroatoms. The number of carbonyl (C=O) groups is 1. The van der Waals surface area contributed by atoms with Crippen molar-refractivity contribution in [3.63, 3.8) is 0 Å². The average molecular weight is 534 g/mol. The van der Waals surface area contributed by atoms with E-state index in [9.17, 15) is 17.6 Å². The summed E-state index contributed by atoms with van der Waals surface area (Å²) in [4.78, 5) is 22.7. The summed E-state index contributed by atoms with van der Waals surface area (Å²) in [5.74, 6) is 0.0979. The van der Waals surface area contributed by atoms with Crippen LogP contribution in [-0.2, 0) is 14.8 Å². The van der Waals surface area contributed by atoms with Crippen molar-refractivity contribution in [1.29, 1.82) is 0 Å². The van der Waals surface area contributed by atoms with E-state index < -0.39 is 10.0 Å². The molecule has 194 valence electrons. The van der Waals surface area contributed by atoms with Gasteiger partial charge < -0.3 is 10.2 Å². The Morgan fingerprint density at radius 2 is 1.58 bits per heavy atom. The van der Waals surface area contributed by atoms with Crippen LogP contribution in [0.25, 0.3) is 11.3 Å². The van der Waals surface area contributed by atoms with Crippen molar-refractivity contribution >= 4 is 33.4 Å². The van der Waals surface area contributed by atoms with E-state index >= 15 is 0 Å². The summed E-state index contributed by atoms with van der Waals surface area (Å²) in [6, 6.07) is 17.3. The number of nitrogens with one attached hydrogen (secondary N) is 2. The number of anilines is 3. The van der Waals surface area contributed by atoms with Crippen LogP contribution in [0.5, 0.6) is 0 Å². The minimum Gasteiger partial charge on any atom is -0.355 e. The molecule has 0 saturated carbocycles. The maximum absolute atomic E-state index is 13.1. The van der Waals surface area contributed by atoms with E-state index in [2.05, 4.69) is 35.1 Å². The Hall–Kier alpha value is -4.45. The average Bonchev–Trinajstić information content (AvgIpc) is 2.94. The third kappa shape index (κ3) is 5.92. The molecule has 0 unspecified atom stereocenters. The molecule has 1 aliphatic heterocycles. The molecule has 2 N–H and O–H groups in total. The molecule has 10 nitrogen and oxygen atoms in total. The van der Waals surface area contributed by atoms with Crippen LogP contribution in [0.15, 0.2) is 84.0 Å². The molecular formula is C26H24FN7O3S. The predicted molar refractivity (Wildman–Crippen MR) is 140 cm³/mol. The van der Waals surface area contributed by atoms with Crippen LogP contribution >= 0.6 is 0 Å². The fourth-order valence-electron chi connectivity index (χ4n) is 4.13. The standard InChI is InChI=1S/C26H24FN7O3S/c27-20-4-2-18(3-5-20)23-10-11-24(32-31-23)34-16-12-19(13-17-34)25(35)30-21-6-8-22(9-7-21)38(36,37)33-26-28-14-1-15-29-26/h1-11,14-15,19H,12-13,16-17H2,(H,30,35)(H,28,29,33). The highest BCUT2D eigenvalue weighted by Gasteiger charge is 2.26. The van der Waals surface area contributed by atoms with E-state index in [1.165, 1.54) is 36.7 Å². The first kappa shape index (κ1) is 25.2. The fourth-order valence-corrected chi connectivity index (χ4v) is 5.09. The van der Waals surface area contributed by atoms with Gasteiger partial charge in [0.1, 0.15) is 5.82 Å². The number of hydrogen-bond acceptors (Lipinski definition) is 8. The molecular weight excluding hydrogens is 509 g/mol. The molecule has 0 atom stereocenters. The van der Waals surface area contributed by atoms with Crippen molar-refractivity contribution in [2.45, 2.75) is 17.7 Å². The molecule has 1 amide bonds. The van der Waals surface area contributed by atoms with Gasteiger partial charge in [0.05, 0.1) is 10.6 Å². The molecule has 1 aliphatic rings. The van der Waals surface area contributed by atoms with E-state index in [1.807, 2.05) is 12.1 Å². The first-order valence-corrected chi connectivity index (χ1v) is 13.4. The zero-order valence-electron chi connectivity index (χ0n) is 20.2. The van der Waals surface area contributed by atoms with Crippen molar-refractivity contribution in [2.75, 3.05) is 28.0 Å². The normalized spacial score (nSPS) is 14.2. The maximum atomic E-state index is 13.1. The highest BCUT2D eigenvalue weighted by molar-refractivity contribution is 7.92. The summed E-state index contributed by atoms with van der Waals surface area (Å²) in [6.07, 6.45) is 4.15. The number of aromatic nitrogens is 4. The van der Waals surface area contributed by atoms with E-state index in [4.69, 9.17) is 0 Å². The topological polar surface area (TPSA) is 130 Å². The summed E-state index contributed by atoms with van der Waals surface area (Å²) in [7, 11) is -3.85. The lowest BCUT2D eigenvalue weighted by Crippen LogP contribution is -2.38. The van der Waals surface area contributed by atoms with E-state index in [-0.39, 0.29) is 28.5 Å². The SMILES string of the molecule is O=C(Nc1ccc(S(=O)(=O)Nc2ncccn2)cc1)C1CCN(c2ccc(-c3ccc(F)cc3)nn2)CC1. The summed E-state index contributed by atoms with van der Waals surface area (Å²) in [5.41, 5.74) is 1.95. The molecule has 2 aromatic heterocycles. The van der Waals surface area contributed by atoms with E-state index in [0.717, 1.165) is 11.4 Å². The highest BCUT2D eigenvalue weighted by atomic mass is 32.2. The van der Waals surface area contributed by atoms with Crippen LogP contribution in [0, 0.1) is 11.7 Å². The maximum Gasteiger partial charge on any atom is 0.264 e. The minimum absolute atomic E-state index is 0.0222. The zero-order chi connectivity index (χ0) is 26.5. The molecule has 0 spiro atoms. The monoisotopic (exact) mass is 533 g/mol. The second-order valence-corrected chi connectivity index (χ2v) is 10.4. The molecule has 5 rings (SSSR count). The molecule has 2 aromatic carbocycles. The predicted octanol–water partition coefficient (Wildman–Crippen LogP) is 3.73. The zero-order valence-corrected chi connectivity index (χ0v) is 21.0. The fraction of sp³-hybridized carbons (Fsp3) is 0.192. The number of rotatable bonds is 7. The molecule has 38 heavy (non-hydrogen) atoms. The van der Waals surface area contributed by atoms with Crippen molar-refractivity contribution in [3.8, 4) is 11.3 Å². The Kier molecular flexibility index (Phi) is 7.22. The van der Waals surface area contributed by atoms with Gasteiger partial charge in [0, 0.05) is 42.7 Å². The number of benzene rings is 2. The van der Waals surface area contributed by atoms with Crippen molar-refractivity contribution in [2.24, 2.45) is 5.92 Å². The van der Waals surface area contributed by atoms with Crippen molar-refractivity contribution < 1.29 is 17.6 Å². The molecule has 1 saturated heterocycles. The number of sulfonamides is 1. The van der Waals surface area contributed by atoms with Crippen LogP contribution in [-0.4, -0.2) is 47.6 Å². The third-order valence-corrected chi connectivity index (χ3v) is 7.55. The van der Waals surface area contributed by atoms with Crippen molar-refractivity contribution in [3.05, 3.63) is 84.9 Å². The van der Waals surface area contributed by atoms with Gasteiger partial charge in [-0.3, -0.25) is 4.79 Å². The molecule has 1 fully saturated rings. The second kappa shape index (κ2) is 10.9. The summed E-state index contributed by atoms with van der Waals surface area (Å²) >= 11 is 0. The lowest BCUT2D eigenvalue weighted by molar-refractivity contribution is -0.120. The second-order valence-electron chi connectivity index (χ2n) is 8.74. The van der Waals surface area contributed by atoms with Crippen LogP contribution in [0.4, 0.5) is 21.8 Å². The molecule has 0 aliphatic carbocycles. The van der Waals surface area contributed by atoms with Gasteiger partial charge in [0.2, 0.25) is 11.9 Å². The Morgan fingerprint density at radius 1 is 0.895 bits per heavy atom. The quantitative estimate of drug-likeness (QED) is 0.368. The molecule has 4 aromatic rings. The Balaban J connectivity index is 1.14. The van der Waals surface area contributed by atoms with Gasteiger partial charge in [-0.15, -0.1) is 10.2 Å². The van der Waals surface area contributed by atoms with Gasteiger partial charge in [-0.2, -0.15) is 0 Å². The van der Waals surface area contributed by atoms with Crippen LogP contribution in [0.2, 0.25) is 0 Å². The summed E-state index contributed by atoms with van der Waals surface area (Å²) in [6.45, 7) is 1.29. The smallest absolute Gasteiger partial charge is 0.264 e. The van der Waals surface area contributed by atoms with Gasteiger partial charge in [-0.25, -0.2) is 27.5 Å². The first-order chi connectivity index (χ1) is 18.4. The van der Waals surface area contributed by atoms with E-state index in [0.29, 0.717) is 37.3 Å². The van der Waals surface area contributed by atoms with Gasteiger partial charge in [0.25, 0.3) is 10.0 Å². The largest absolute Gasteiger partial charge is 0.355 e. The molecule has 3 heterocycles. The van der Waals surface area contributed by atoms with Crippen LogP contribution in [0.3, 0.4) is 0 Å². The van der Waals surface area contributed by atoms with Gasteiger partial charge >= 0.3 is 0 Å². The number of piperidine rings is 1. The first-order valence-electron chi connectivity index (χ1n) is 11.9. The third-order valence-electron chi connectivity index (χ3n) is 6.20. The molecule has 0 radical (unpaired) electrons. The van der Waals surface area contributed by atoms with Gasteiger partial charge in [0.15, 0.2) is 5.82 Å².